The largest absolute Gasteiger partial charge is 0.497 e. The fourth-order valence-electron chi connectivity index (χ4n) is 2.30. The average molecular weight is 329 g/mol. The van der Waals surface area contributed by atoms with E-state index in [0.29, 0.717) is 5.95 Å². The molecule has 2 N–H and O–H groups in total. The maximum absolute atomic E-state index is 5.24. The molecule has 0 unspecified atom stereocenters. The third-order valence-corrected chi connectivity index (χ3v) is 3.57. The number of hydrogen-bond acceptors (Lipinski definition) is 6. The lowest BCUT2D eigenvalue weighted by molar-refractivity contribution is 0.405. The molecule has 2 aromatic rings. The molecule has 2 rings (SSSR count). The molecule has 1 aromatic heterocycles. The van der Waals surface area contributed by atoms with Gasteiger partial charge in [0.2, 0.25) is 5.95 Å². The number of benzene rings is 1. The molecular weight excluding hydrogens is 302 g/mol. The van der Waals surface area contributed by atoms with Crippen LogP contribution >= 0.6 is 0 Å². The van der Waals surface area contributed by atoms with E-state index in [1.165, 1.54) is 5.56 Å². The molecular formula is C18H27N5O. The first kappa shape index (κ1) is 18.0. The van der Waals surface area contributed by atoms with Gasteiger partial charge in [-0.25, -0.2) is 4.98 Å². The smallest absolute Gasteiger partial charge is 0.224 e. The Morgan fingerprint density at radius 2 is 2.00 bits per heavy atom. The number of anilines is 2. The third-order valence-electron chi connectivity index (χ3n) is 3.57. The van der Waals surface area contributed by atoms with Crippen molar-refractivity contribution in [2.45, 2.75) is 12.8 Å². The maximum Gasteiger partial charge on any atom is 0.224 e. The number of rotatable bonds is 10. The summed E-state index contributed by atoms with van der Waals surface area (Å²) in [6.07, 6.45) is 3.74. The van der Waals surface area contributed by atoms with E-state index in [9.17, 15) is 0 Å². The molecule has 0 aliphatic heterocycles. The molecule has 0 bridgehead atoms. The van der Waals surface area contributed by atoms with Crippen LogP contribution in [0, 0.1) is 0 Å². The minimum absolute atomic E-state index is 0.649. The molecule has 6 heteroatoms. The monoisotopic (exact) mass is 329 g/mol. The van der Waals surface area contributed by atoms with Crippen LogP contribution in [0.5, 0.6) is 5.75 Å². The molecule has 6 nitrogen and oxygen atoms in total. The third kappa shape index (κ3) is 6.42. The quantitative estimate of drug-likeness (QED) is 0.653. The second-order valence-electron chi connectivity index (χ2n) is 5.88. The van der Waals surface area contributed by atoms with Crippen molar-refractivity contribution < 1.29 is 4.74 Å². The van der Waals surface area contributed by atoms with Gasteiger partial charge in [-0.15, -0.1) is 0 Å². The zero-order valence-electron chi connectivity index (χ0n) is 14.7. The highest BCUT2D eigenvalue weighted by Crippen LogP contribution is 2.13. The van der Waals surface area contributed by atoms with Crippen molar-refractivity contribution in [3.63, 3.8) is 0 Å². The molecule has 0 aliphatic carbocycles. The number of methoxy groups -OCH3 is 1. The molecule has 0 amide bonds. The average Bonchev–Trinajstić information content (AvgIpc) is 2.59. The molecule has 0 atom stereocenters. The first-order valence-electron chi connectivity index (χ1n) is 8.26. The van der Waals surface area contributed by atoms with E-state index in [-0.39, 0.29) is 0 Å². The van der Waals surface area contributed by atoms with Gasteiger partial charge in [0.1, 0.15) is 11.6 Å². The molecule has 1 heterocycles. The van der Waals surface area contributed by atoms with Crippen LogP contribution in [0.15, 0.2) is 36.5 Å². The van der Waals surface area contributed by atoms with E-state index in [4.69, 9.17) is 4.74 Å². The van der Waals surface area contributed by atoms with Crippen molar-refractivity contribution >= 4 is 11.8 Å². The van der Waals surface area contributed by atoms with Gasteiger partial charge in [-0.2, -0.15) is 4.98 Å². The minimum Gasteiger partial charge on any atom is -0.497 e. The molecule has 0 radical (unpaired) electrons. The number of hydrogen-bond donors (Lipinski definition) is 2. The molecule has 24 heavy (non-hydrogen) atoms. The highest BCUT2D eigenvalue weighted by atomic mass is 16.5. The van der Waals surface area contributed by atoms with E-state index in [2.05, 4.69) is 45.7 Å². The minimum atomic E-state index is 0.649. The summed E-state index contributed by atoms with van der Waals surface area (Å²) in [5.74, 6) is 2.39. The number of nitrogens with zero attached hydrogens (tertiary/aromatic N) is 3. The van der Waals surface area contributed by atoms with E-state index in [1.807, 2.05) is 24.3 Å². The summed E-state index contributed by atoms with van der Waals surface area (Å²) < 4.78 is 5.24. The van der Waals surface area contributed by atoms with Crippen molar-refractivity contribution in [3.8, 4) is 5.75 Å². The lowest BCUT2D eigenvalue weighted by atomic mass is 10.1. The fraction of sp³-hybridized carbons (Fsp3) is 0.444. The van der Waals surface area contributed by atoms with Gasteiger partial charge in [-0.3, -0.25) is 0 Å². The van der Waals surface area contributed by atoms with Crippen molar-refractivity contribution in [1.82, 2.24) is 14.9 Å². The van der Waals surface area contributed by atoms with E-state index < -0.39 is 0 Å². The van der Waals surface area contributed by atoms with Gasteiger partial charge in [-0.1, -0.05) is 12.1 Å². The topological polar surface area (TPSA) is 62.3 Å². The lowest BCUT2D eigenvalue weighted by Crippen LogP contribution is -2.17. The van der Waals surface area contributed by atoms with Crippen LogP contribution in [0.4, 0.5) is 11.8 Å². The number of ether oxygens (including phenoxy) is 1. The Morgan fingerprint density at radius 1 is 1.12 bits per heavy atom. The fourth-order valence-corrected chi connectivity index (χ4v) is 2.30. The molecule has 0 saturated heterocycles. The van der Waals surface area contributed by atoms with Gasteiger partial charge in [0.15, 0.2) is 0 Å². The van der Waals surface area contributed by atoms with Crippen molar-refractivity contribution in [3.05, 3.63) is 42.1 Å². The normalized spacial score (nSPS) is 10.7. The van der Waals surface area contributed by atoms with Crippen LogP contribution < -0.4 is 15.4 Å². The summed E-state index contributed by atoms with van der Waals surface area (Å²) in [6, 6.07) is 9.98. The van der Waals surface area contributed by atoms with Crippen LogP contribution in [0.25, 0.3) is 0 Å². The van der Waals surface area contributed by atoms with Gasteiger partial charge >= 0.3 is 0 Å². The van der Waals surface area contributed by atoms with E-state index in [1.54, 1.807) is 13.3 Å². The summed E-state index contributed by atoms with van der Waals surface area (Å²) >= 11 is 0. The SMILES string of the molecule is COc1cccc(CCNc2nccc(NCCCN(C)C)n2)c1. The Morgan fingerprint density at radius 3 is 2.79 bits per heavy atom. The number of nitrogens with one attached hydrogen (secondary N) is 2. The summed E-state index contributed by atoms with van der Waals surface area (Å²) in [6.45, 7) is 2.74. The van der Waals surface area contributed by atoms with Gasteiger partial charge in [0.05, 0.1) is 7.11 Å². The summed E-state index contributed by atoms with van der Waals surface area (Å²) in [4.78, 5) is 10.9. The van der Waals surface area contributed by atoms with Crippen LogP contribution in [0.3, 0.4) is 0 Å². The van der Waals surface area contributed by atoms with Crippen molar-refractivity contribution in [2.75, 3.05) is 51.5 Å². The molecule has 0 spiro atoms. The van der Waals surface area contributed by atoms with Crippen LogP contribution in [0.1, 0.15) is 12.0 Å². The molecule has 0 fully saturated rings. The standard InChI is InChI=1S/C18H27N5O/c1-23(2)13-5-10-19-17-9-12-21-18(22-17)20-11-8-15-6-4-7-16(14-15)24-3/h4,6-7,9,12,14H,5,8,10-11,13H2,1-3H3,(H2,19,20,21,22). The van der Waals surface area contributed by atoms with Gasteiger partial charge in [0.25, 0.3) is 0 Å². The Hall–Kier alpha value is -2.34. The predicted molar refractivity (Wildman–Crippen MR) is 98.9 cm³/mol. The maximum atomic E-state index is 5.24. The lowest BCUT2D eigenvalue weighted by Gasteiger charge is -2.11. The van der Waals surface area contributed by atoms with Crippen LogP contribution in [0.2, 0.25) is 0 Å². The zero-order valence-corrected chi connectivity index (χ0v) is 14.7. The molecule has 1 aromatic carbocycles. The molecule has 0 aliphatic rings. The second kappa shape index (κ2) is 9.72. The molecule has 130 valence electrons. The summed E-state index contributed by atoms with van der Waals surface area (Å²) in [5, 5.41) is 6.60. The highest BCUT2D eigenvalue weighted by molar-refractivity contribution is 5.39. The predicted octanol–water partition coefficient (Wildman–Crippen LogP) is 2.50. The van der Waals surface area contributed by atoms with Gasteiger partial charge in [-0.05, 0) is 57.2 Å². The highest BCUT2D eigenvalue weighted by Gasteiger charge is 2.00. The van der Waals surface area contributed by atoms with E-state index in [0.717, 1.165) is 44.0 Å². The van der Waals surface area contributed by atoms with E-state index >= 15 is 0 Å². The van der Waals surface area contributed by atoms with Crippen LogP contribution in [-0.2, 0) is 6.42 Å². The summed E-state index contributed by atoms with van der Waals surface area (Å²) in [7, 11) is 5.84. The Balaban J connectivity index is 1.77. The Labute approximate surface area is 144 Å². The number of aromatic nitrogens is 2. The van der Waals surface area contributed by atoms with Gasteiger partial charge in [0, 0.05) is 19.3 Å². The first-order valence-corrected chi connectivity index (χ1v) is 8.26. The summed E-state index contributed by atoms with van der Waals surface area (Å²) in [5.41, 5.74) is 1.22. The van der Waals surface area contributed by atoms with Gasteiger partial charge < -0.3 is 20.3 Å². The van der Waals surface area contributed by atoms with Crippen molar-refractivity contribution in [2.24, 2.45) is 0 Å². The first-order chi connectivity index (χ1) is 11.7. The molecule has 0 saturated carbocycles. The van der Waals surface area contributed by atoms with Crippen molar-refractivity contribution in [1.29, 1.82) is 0 Å². The Bertz CT molecular complexity index is 618. The van der Waals surface area contributed by atoms with Crippen LogP contribution in [-0.4, -0.2) is 55.7 Å². The Kier molecular flexibility index (Phi) is 7.29. The second-order valence-corrected chi connectivity index (χ2v) is 5.88. The zero-order chi connectivity index (χ0) is 17.2.